The van der Waals surface area contributed by atoms with Gasteiger partial charge in [0.25, 0.3) is 10.0 Å². The molecular weight excluding hydrogens is 554 g/mol. The highest BCUT2D eigenvalue weighted by atomic mass is 32.2. The Balaban J connectivity index is 1.28. The summed E-state index contributed by atoms with van der Waals surface area (Å²) in [7, 11) is -3.91. The van der Waals surface area contributed by atoms with Crippen LogP contribution >= 0.6 is 11.8 Å². The zero-order valence-electron chi connectivity index (χ0n) is 21.3. The van der Waals surface area contributed by atoms with Crippen LogP contribution in [-0.4, -0.2) is 44.7 Å². The van der Waals surface area contributed by atoms with Gasteiger partial charge in [-0.2, -0.15) is 0 Å². The second-order valence-corrected chi connectivity index (χ2v) is 11.3. The second-order valence-electron chi connectivity index (χ2n) is 8.40. The van der Waals surface area contributed by atoms with Gasteiger partial charge in [-0.05, 0) is 67.9 Å². The van der Waals surface area contributed by atoms with Crippen molar-refractivity contribution < 1.29 is 22.0 Å². The third kappa shape index (κ3) is 6.18. The van der Waals surface area contributed by atoms with Crippen molar-refractivity contribution in [2.75, 3.05) is 10.0 Å². The average molecular weight is 578 g/mol. The molecule has 4 aromatic heterocycles. The Bertz CT molecular complexity index is 1710. The number of rotatable bonds is 10. The maximum absolute atomic E-state index is 13.1. The minimum Gasteiger partial charge on any atom is -0.463 e. The first-order valence-corrected chi connectivity index (χ1v) is 14.4. The molecule has 4 heterocycles. The van der Waals surface area contributed by atoms with Crippen molar-refractivity contribution in [2.24, 2.45) is 0 Å². The van der Waals surface area contributed by atoms with Gasteiger partial charge in [0.05, 0.1) is 22.7 Å². The van der Waals surface area contributed by atoms with E-state index in [9.17, 15) is 13.2 Å². The molecule has 0 saturated carbocycles. The van der Waals surface area contributed by atoms with E-state index in [0.717, 1.165) is 11.8 Å². The molecule has 0 bridgehead atoms. The maximum atomic E-state index is 13.1. The van der Waals surface area contributed by atoms with Crippen LogP contribution in [-0.2, 0) is 14.8 Å². The number of amides is 1. The molecule has 12 nitrogen and oxygen atoms in total. The first-order valence-electron chi connectivity index (χ1n) is 12.0. The molecule has 0 saturated heterocycles. The number of hydrogen-bond donors (Lipinski definition) is 2. The monoisotopic (exact) mass is 577 g/mol. The largest absolute Gasteiger partial charge is 0.463 e. The van der Waals surface area contributed by atoms with Crippen molar-refractivity contribution in [3.63, 3.8) is 0 Å². The summed E-state index contributed by atoms with van der Waals surface area (Å²) < 4.78 is 38.7. The van der Waals surface area contributed by atoms with Gasteiger partial charge < -0.3 is 14.2 Å². The van der Waals surface area contributed by atoms with Crippen LogP contribution in [0.4, 0.5) is 11.6 Å². The van der Waals surface area contributed by atoms with Crippen molar-refractivity contribution in [3.05, 3.63) is 79.0 Å². The zero-order valence-corrected chi connectivity index (χ0v) is 22.9. The van der Waals surface area contributed by atoms with Crippen LogP contribution in [0.3, 0.4) is 0 Å². The highest BCUT2D eigenvalue weighted by molar-refractivity contribution is 8.00. The Morgan fingerprint density at radius 1 is 0.950 bits per heavy atom. The zero-order chi connectivity index (χ0) is 28.1. The van der Waals surface area contributed by atoms with Crippen molar-refractivity contribution in [1.82, 2.24) is 25.1 Å². The van der Waals surface area contributed by atoms with Crippen LogP contribution in [0.5, 0.6) is 0 Å². The Morgan fingerprint density at radius 2 is 1.65 bits per heavy atom. The SMILES string of the molecule is CCC(Sc1nnc(-c2ccco2)c(-c2ccco2)n1)C(=O)Nc1ccc(S(=O)(=O)Nc2nccc(C)n2)cc1. The van der Waals surface area contributed by atoms with E-state index < -0.39 is 15.3 Å². The molecule has 0 aliphatic carbocycles. The number of aryl methyl sites for hydroxylation is 1. The molecule has 5 aromatic rings. The summed E-state index contributed by atoms with van der Waals surface area (Å²) in [6.07, 6.45) is 5.00. The number of aromatic nitrogens is 5. The molecule has 0 fully saturated rings. The molecule has 0 spiro atoms. The van der Waals surface area contributed by atoms with E-state index in [1.807, 2.05) is 6.92 Å². The van der Waals surface area contributed by atoms with Gasteiger partial charge in [-0.1, -0.05) is 18.7 Å². The molecule has 0 aliphatic heterocycles. The number of furan rings is 2. The topological polar surface area (TPSA) is 166 Å². The van der Waals surface area contributed by atoms with Crippen LogP contribution in [0, 0.1) is 6.92 Å². The van der Waals surface area contributed by atoms with Crippen molar-refractivity contribution in [2.45, 2.75) is 35.6 Å². The molecule has 0 radical (unpaired) electrons. The first kappa shape index (κ1) is 27.0. The standard InChI is InChI=1S/C26H23N7O5S2/c1-3-21(39-26-30-22(19-6-4-14-37-19)23(31-32-26)20-7-5-15-38-20)24(34)29-17-8-10-18(11-9-17)40(35,36)33-25-27-13-12-16(2)28-25/h4-15,21H,3H2,1-2H3,(H,29,34)(H,27,28,33). The lowest BCUT2D eigenvalue weighted by atomic mass is 10.2. The quantitative estimate of drug-likeness (QED) is 0.219. The van der Waals surface area contributed by atoms with Gasteiger partial charge >= 0.3 is 0 Å². The molecule has 2 N–H and O–H groups in total. The van der Waals surface area contributed by atoms with Gasteiger partial charge in [-0.15, -0.1) is 10.2 Å². The Hall–Kier alpha value is -4.56. The predicted octanol–water partition coefficient (Wildman–Crippen LogP) is 4.80. The predicted molar refractivity (Wildman–Crippen MR) is 148 cm³/mol. The van der Waals surface area contributed by atoms with Gasteiger partial charge in [0.1, 0.15) is 5.69 Å². The number of benzene rings is 1. The fourth-order valence-electron chi connectivity index (χ4n) is 3.59. The number of sulfonamides is 1. The summed E-state index contributed by atoms with van der Waals surface area (Å²) in [6.45, 7) is 3.60. The third-order valence-electron chi connectivity index (χ3n) is 5.54. The van der Waals surface area contributed by atoms with Gasteiger partial charge in [-0.3, -0.25) is 4.79 Å². The van der Waals surface area contributed by atoms with E-state index in [2.05, 4.69) is 35.2 Å². The minimum atomic E-state index is -3.91. The van der Waals surface area contributed by atoms with Crippen LogP contribution in [0.2, 0.25) is 0 Å². The fraction of sp³-hybridized carbons (Fsp3) is 0.154. The van der Waals surface area contributed by atoms with E-state index in [1.165, 1.54) is 43.0 Å². The molecule has 1 atom stereocenters. The summed E-state index contributed by atoms with van der Waals surface area (Å²) in [4.78, 5) is 25.7. The van der Waals surface area contributed by atoms with E-state index in [1.54, 1.807) is 37.3 Å². The normalized spacial score (nSPS) is 12.2. The summed E-state index contributed by atoms with van der Waals surface area (Å²) in [5, 5.41) is 11.0. The Labute approximate surface area is 233 Å². The number of thioether (sulfide) groups is 1. The van der Waals surface area contributed by atoms with Crippen LogP contribution in [0.1, 0.15) is 19.0 Å². The van der Waals surface area contributed by atoms with Crippen LogP contribution < -0.4 is 10.0 Å². The Morgan fingerprint density at radius 3 is 2.27 bits per heavy atom. The van der Waals surface area contributed by atoms with Crippen molar-refractivity contribution in [3.8, 4) is 22.9 Å². The lowest BCUT2D eigenvalue weighted by Crippen LogP contribution is -2.25. The lowest BCUT2D eigenvalue weighted by molar-refractivity contribution is -0.115. The van der Waals surface area contributed by atoms with Crippen LogP contribution in [0.25, 0.3) is 22.9 Å². The summed E-state index contributed by atoms with van der Waals surface area (Å²) in [5.41, 5.74) is 1.91. The molecular formula is C26H23N7O5S2. The van der Waals surface area contributed by atoms with E-state index in [4.69, 9.17) is 8.83 Å². The smallest absolute Gasteiger partial charge is 0.264 e. The number of carbonyl (C=O) groups is 1. The average Bonchev–Trinajstić information content (AvgIpc) is 3.67. The highest BCUT2D eigenvalue weighted by Crippen LogP contribution is 2.32. The van der Waals surface area contributed by atoms with E-state index in [-0.39, 0.29) is 21.9 Å². The van der Waals surface area contributed by atoms with Crippen molar-refractivity contribution in [1.29, 1.82) is 0 Å². The first-order chi connectivity index (χ1) is 19.3. The Kier molecular flexibility index (Phi) is 7.89. The maximum Gasteiger partial charge on any atom is 0.264 e. The van der Waals surface area contributed by atoms with Gasteiger partial charge in [0.15, 0.2) is 17.2 Å². The fourth-order valence-corrected chi connectivity index (χ4v) is 5.36. The molecule has 1 unspecified atom stereocenters. The van der Waals surface area contributed by atoms with E-state index in [0.29, 0.717) is 40.7 Å². The number of hydrogen-bond acceptors (Lipinski definition) is 11. The highest BCUT2D eigenvalue weighted by Gasteiger charge is 2.23. The lowest BCUT2D eigenvalue weighted by Gasteiger charge is -2.14. The summed E-state index contributed by atoms with van der Waals surface area (Å²) in [5.74, 6) is 0.649. The van der Waals surface area contributed by atoms with Crippen LogP contribution in [0.15, 0.2) is 92.2 Å². The third-order valence-corrected chi connectivity index (χ3v) is 8.10. The van der Waals surface area contributed by atoms with Gasteiger partial charge in [0.2, 0.25) is 17.0 Å². The number of carbonyl (C=O) groups excluding carboxylic acids is 1. The molecule has 5 rings (SSSR count). The number of nitrogens with zero attached hydrogens (tertiary/aromatic N) is 5. The second kappa shape index (κ2) is 11.7. The van der Waals surface area contributed by atoms with Gasteiger partial charge in [-0.25, -0.2) is 28.1 Å². The molecule has 40 heavy (non-hydrogen) atoms. The van der Waals surface area contributed by atoms with Gasteiger partial charge in [0, 0.05) is 17.6 Å². The minimum absolute atomic E-state index is 0.00130. The number of anilines is 2. The molecule has 14 heteroatoms. The number of nitrogens with one attached hydrogen (secondary N) is 2. The molecule has 1 amide bonds. The molecule has 0 aliphatic rings. The molecule has 1 aromatic carbocycles. The van der Waals surface area contributed by atoms with Crippen molar-refractivity contribution >= 4 is 39.3 Å². The summed E-state index contributed by atoms with van der Waals surface area (Å²) >= 11 is 1.15. The molecule has 204 valence electrons. The van der Waals surface area contributed by atoms with E-state index >= 15 is 0 Å². The summed E-state index contributed by atoms with van der Waals surface area (Å²) in [6, 6.07) is 14.4.